The summed E-state index contributed by atoms with van der Waals surface area (Å²) < 4.78 is 49.9. The monoisotopic (exact) mass is 1280 g/mol. The van der Waals surface area contributed by atoms with Crippen molar-refractivity contribution in [3.8, 4) is 0 Å². The highest BCUT2D eigenvalue weighted by atomic mass is 32.5. The average Bonchev–Trinajstić information content (AvgIpc) is 1.65. The Labute approximate surface area is 507 Å². The van der Waals surface area contributed by atoms with Crippen molar-refractivity contribution in [3.05, 3.63) is 152 Å². The van der Waals surface area contributed by atoms with E-state index < -0.39 is 137 Å². The molecule has 1 amide bonds. The molecule has 2 aliphatic heterocycles. The number of H-pyrrole nitrogens is 1. The van der Waals surface area contributed by atoms with E-state index in [2.05, 4.69) is 36.1 Å². The van der Waals surface area contributed by atoms with Crippen LogP contribution in [0.25, 0.3) is 0 Å². The summed E-state index contributed by atoms with van der Waals surface area (Å²) in [5.41, 5.74) is -2.36. The molecule has 10 atom stereocenters. The van der Waals surface area contributed by atoms with Crippen LogP contribution in [0.4, 0.5) is 5.82 Å². The van der Waals surface area contributed by atoms with Crippen LogP contribution in [-0.4, -0.2) is 127 Å². The Kier molecular flexibility index (Phi) is 19.5. The fraction of sp³-hybridized carbons (Fsp3) is 0.542. The largest absolute Gasteiger partial charge is 0.408 e. The van der Waals surface area contributed by atoms with Gasteiger partial charge in [0, 0.05) is 24.0 Å². The molecule has 0 bridgehead atoms. The number of anilines is 1. The minimum atomic E-state index is -5.17. The number of ether oxygens (including phenoxy) is 2. The summed E-state index contributed by atoms with van der Waals surface area (Å²) in [6, 6.07) is 30.4. The summed E-state index contributed by atoms with van der Waals surface area (Å²) in [6.45, 7) is 30.1. The number of aromatic amines is 1. The quantitative estimate of drug-likeness (QED) is 0.0258. The zero-order chi connectivity index (χ0) is 63.5. The molecule has 4 heterocycles. The lowest BCUT2D eigenvalue weighted by Gasteiger charge is -2.53. The second-order valence-electron chi connectivity index (χ2n) is 27.9. The van der Waals surface area contributed by atoms with Crippen LogP contribution < -0.4 is 32.6 Å². The van der Waals surface area contributed by atoms with Crippen molar-refractivity contribution in [1.29, 1.82) is 0 Å². The van der Waals surface area contributed by atoms with Crippen LogP contribution in [-0.2, 0) is 43.6 Å². The zero-order valence-electron chi connectivity index (χ0n) is 52.2. The summed E-state index contributed by atoms with van der Waals surface area (Å²) in [5.74, 6) is -3.70. The second kappa shape index (κ2) is 24.3. The van der Waals surface area contributed by atoms with E-state index in [9.17, 15) is 39.4 Å². The van der Waals surface area contributed by atoms with E-state index in [0.717, 1.165) is 25.6 Å². The van der Waals surface area contributed by atoms with E-state index in [1.807, 2.05) is 162 Å². The Hall–Kier alpha value is -4.23. The molecule has 0 radical (unpaired) electrons. The number of hydrogen-bond donors (Lipinski definition) is 6. The van der Waals surface area contributed by atoms with Gasteiger partial charge >= 0.3 is 18.1 Å². The third kappa shape index (κ3) is 13.4. The summed E-state index contributed by atoms with van der Waals surface area (Å²) >= 11 is 5.87. The predicted octanol–water partition coefficient (Wildman–Crippen LogP) is 8.23. The lowest BCUT2D eigenvalue weighted by Crippen LogP contribution is -2.70. The number of carbonyl (C=O) groups is 1. The van der Waals surface area contributed by atoms with Crippen LogP contribution in [0.2, 0.25) is 59.4 Å². The Balaban J connectivity index is 1.39. The van der Waals surface area contributed by atoms with Crippen LogP contribution in [0.5, 0.6) is 0 Å². The summed E-state index contributed by atoms with van der Waals surface area (Å²) in [6.07, 6.45) is -9.76. The van der Waals surface area contributed by atoms with Gasteiger partial charge in [-0.1, -0.05) is 175 Å². The minimum absolute atomic E-state index is 0.136. The van der Waals surface area contributed by atoms with E-state index in [1.165, 1.54) is 18.5 Å². The smallest absolute Gasteiger partial charge is 0.351 e. The van der Waals surface area contributed by atoms with Crippen LogP contribution >= 0.6 is 6.72 Å². The Morgan fingerprint density at radius 2 is 1.20 bits per heavy atom. The highest BCUT2D eigenvalue weighted by molar-refractivity contribution is 8.07. The Morgan fingerprint density at radius 1 is 0.706 bits per heavy atom. The fourth-order valence-electron chi connectivity index (χ4n) is 10.4. The van der Waals surface area contributed by atoms with Gasteiger partial charge in [0.05, 0.1) is 14.7 Å². The summed E-state index contributed by atoms with van der Waals surface area (Å²) in [5, 5.41) is 40.4. The Morgan fingerprint density at radius 3 is 1.67 bits per heavy atom. The molecule has 6 N–H and O–H groups in total. The van der Waals surface area contributed by atoms with Crippen LogP contribution in [0.1, 0.15) is 106 Å². The topological polar surface area (TPSA) is 264 Å². The molecule has 20 nitrogen and oxygen atoms in total. The fourth-order valence-corrected chi connectivity index (χ4v) is 22.3. The molecule has 466 valence electrons. The van der Waals surface area contributed by atoms with Crippen molar-refractivity contribution >= 4 is 73.7 Å². The summed E-state index contributed by atoms with van der Waals surface area (Å²) in [7, 11) is -12.9. The molecular formula is C59H88N5O15PSSi4. The average molecular weight is 1280 g/mol. The van der Waals surface area contributed by atoms with Gasteiger partial charge in [-0.25, -0.2) is 9.59 Å². The van der Waals surface area contributed by atoms with Gasteiger partial charge in [-0.3, -0.25) is 32.8 Å². The standard InChI is InChI=1S/C59H88N5O15PSSi4/c1-54(2,3)82(13,14)59(71)47(78-84(17,18)56(7,8)9)45(75-51(59)64-37-35-44(65)62-53(64)69)49(67)76-80(72,81)79-58(70)46(77-83(15,16)55(4,5)6)42(38-73-85(57(10,11)12,40-30-24-20-25-31-40)41-32-26-21-27-33-41)74-50(58)63-36-34-43(61-52(63)68)60-48(66)39-28-22-19-23-29-39/h19-37,42,45-47,49-51,67,70-71H,38H2,1-18H3,(H,72,81)(H,62,65,69)(H,60,61,66,68)/t42-,45+,46-,47-,49?,50-,51-,58+,59+,80?/m1/s1. The van der Waals surface area contributed by atoms with Gasteiger partial charge in [0.25, 0.3) is 19.8 Å². The van der Waals surface area contributed by atoms with Gasteiger partial charge in [0.15, 0.2) is 35.4 Å². The Bertz CT molecular complexity index is 3370. The molecule has 2 unspecified atom stereocenters. The van der Waals surface area contributed by atoms with Gasteiger partial charge < -0.3 is 48.3 Å². The van der Waals surface area contributed by atoms with E-state index in [4.69, 9.17) is 43.6 Å². The molecular weight excluding hydrogens is 1190 g/mol. The van der Waals surface area contributed by atoms with Gasteiger partial charge in [-0.2, -0.15) is 4.98 Å². The maximum absolute atomic E-state index is 14.6. The number of amides is 1. The van der Waals surface area contributed by atoms with Crippen LogP contribution in [0.15, 0.2) is 130 Å². The predicted molar refractivity (Wildman–Crippen MR) is 342 cm³/mol. The van der Waals surface area contributed by atoms with Gasteiger partial charge in [0.2, 0.25) is 5.79 Å². The molecule has 3 aromatic carbocycles. The number of benzene rings is 3. The maximum Gasteiger partial charge on any atom is 0.351 e. The molecule has 2 aliphatic rings. The van der Waals surface area contributed by atoms with Gasteiger partial charge in [-0.15, -0.1) is 0 Å². The van der Waals surface area contributed by atoms with Crippen molar-refractivity contribution in [1.82, 2.24) is 19.1 Å². The van der Waals surface area contributed by atoms with E-state index in [0.29, 0.717) is 5.56 Å². The molecule has 5 aromatic rings. The van der Waals surface area contributed by atoms with E-state index in [-0.39, 0.29) is 12.4 Å². The van der Waals surface area contributed by atoms with Crippen molar-refractivity contribution in [2.45, 2.75) is 197 Å². The van der Waals surface area contributed by atoms with Crippen molar-refractivity contribution in [3.63, 3.8) is 0 Å². The molecule has 2 aromatic heterocycles. The third-order valence-corrected chi connectivity index (χ3v) is 39.9. The number of rotatable bonds is 19. The second-order valence-corrected chi connectivity index (χ2v) is 50.0. The number of nitrogens with zero attached hydrogens (tertiary/aromatic N) is 3. The number of aromatic nitrogens is 4. The first-order chi connectivity index (χ1) is 39.0. The van der Waals surface area contributed by atoms with Crippen molar-refractivity contribution in [2.24, 2.45) is 0 Å². The van der Waals surface area contributed by atoms with Crippen LogP contribution in [0, 0.1) is 0 Å². The first-order valence-electron chi connectivity index (χ1n) is 28.5. The first kappa shape index (κ1) is 68.3. The van der Waals surface area contributed by atoms with E-state index in [1.54, 1.807) is 30.3 Å². The number of hydrogen-bond acceptors (Lipinski definition) is 16. The SMILES string of the molecule is CC(C)(C)[Si](C)(C)O[C@@H]1[C@@H](CO[Si](c2ccccc2)(c2ccccc2)C(C)(C)C)O[C@@H](n2ccc(NC(=O)c3ccccc3)nc2=O)[C@@]1(O)OP(O)(=S)OC(O)[C@H]1O[C@@H](n2ccc(=O)[nH]c2=O)[C@@](O)([Si](C)(C)C(C)(C)C)[C@@H]1O[Si](C)(C)C(C)(C)C. The first-order valence-corrected chi connectivity index (χ1v) is 41.8. The molecule has 26 heteroatoms. The third-order valence-electron chi connectivity index (χ3n) is 18.3. The molecule has 2 fully saturated rings. The highest BCUT2D eigenvalue weighted by Gasteiger charge is 2.71. The summed E-state index contributed by atoms with van der Waals surface area (Å²) in [4.78, 5) is 73.4. The van der Waals surface area contributed by atoms with Crippen molar-refractivity contribution < 1.29 is 56.8 Å². The molecule has 85 heavy (non-hydrogen) atoms. The number of aliphatic hydroxyl groups excluding tert-OH is 1. The zero-order valence-corrected chi connectivity index (χ0v) is 57.9. The van der Waals surface area contributed by atoms with E-state index >= 15 is 0 Å². The number of carbonyl (C=O) groups excluding carboxylic acids is 1. The van der Waals surface area contributed by atoms with Crippen molar-refractivity contribution in [2.75, 3.05) is 11.9 Å². The lowest BCUT2D eigenvalue weighted by molar-refractivity contribution is -0.239. The molecule has 0 saturated carbocycles. The van der Waals surface area contributed by atoms with Gasteiger partial charge in [-0.05, 0) is 86.7 Å². The maximum atomic E-state index is 14.6. The minimum Gasteiger partial charge on any atom is -0.408 e. The number of nitrogens with one attached hydrogen (secondary N) is 2. The normalized spacial score (nSPS) is 24.9. The van der Waals surface area contributed by atoms with Gasteiger partial charge in [0.1, 0.15) is 35.5 Å². The molecule has 0 aliphatic carbocycles. The number of aliphatic hydroxyl groups is 3. The molecule has 0 spiro atoms. The lowest BCUT2D eigenvalue weighted by atomic mass is 10.1. The molecule has 2 saturated heterocycles. The highest BCUT2D eigenvalue weighted by Crippen LogP contribution is 2.59. The molecule has 7 rings (SSSR count). The van der Waals surface area contributed by atoms with Crippen LogP contribution in [0.3, 0.4) is 0 Å².